The predicted octanol–water partition coefficient (Wildman–Crippen LogP) is 5.62. The SMILES string of the molecule is CCCNC(c1ccsc1)C(c1ccccc1)C(C)CC. The van der Waals surface area contributed by atoms with Gasteiger partial charge in [-0.3, -0.25) is 0 Å². The second-order valence-corrected chi connectivity index (χ2v) is 6.59. The third-order valence-corrected chi connectivity index (χ3v) is 5.02. The zero-order valence-corrected chi connectivity index (χ0v) is 14.2. The molecule has 1 nitrogen and oxygen atoms in total. The van der Waals surface area contributed by atoms with E-state index < -0.39 is 0 Å². The van der Waals surface area contributed by atoms with Crippen LogP contribution in [0, 0.1) is 5.92 Å². The lowest BCUT2D eigenvalue weighted by molar-refractivity contribution is 0.340. The van der Waals surface area contributed by atoms with Crippen molar-refractivity contribution in [2.24, 2.45) is 5.92 Å². The monoisotopic (exact) mass is 301 g/mol. The highest BCUT2D eigenvalue weighted by Crippen LogP contribution is 2.39. The fourth-order valence-corrected chi connectivity index (χ4v) is 3.68. The molecule has 0 fully saturated rings. The molecule has 1 aromatic carbocycles. The molecule has 0 aliphatic heterocycles. The second-order valence-electron chi connectivity index (χ2n) is 5.81. The molecule has 2 heteroatoms. The van der Waals surface area contributed by atoms with Gasteiger partial charge in [0.05, 0.1) is 0 Å². The summed E-state index contributed by atoms with van der Waals surface area (Å²) >= 11 is 1.79. The lowest BCUT2D eigenvalue weighted by atomic mass is 9.78. The largest absolute Gasteiger partial charge is 0.309 e. The van der Waals surface area contributed by atoms with Gasteiger partial charge in [-0.05, 0) is 46.8 Å². The van der Waals surface area contributed by atoms with E-state index in [1.165, 1.54) is 24.0 Å². The third kappa shape index (κ3) is 4.18. The van der Waals surface area contributed by atoms with E-state index in [1.807, 2.05) is 0 Å². The minimum atomic E-state index is 0.411. The standard InChI is InChI=1S/C19H27NS/c1-4-12-20-19(17-11-13-21-14-17)18(15(3)5-2)16-9-7-6-8-10-16/h6-11,13-15,18-20H,4-5,12H2,1-3H3. The van der Waals surface area contributed by atoms with Crippen LogP contribution in [0.2, 0.25) is 0 Å². The topological polar surface area (TPSA) is 12.0 Å². The molecule has 2 rings (SSSR count). The molecule has 114 valence electrons. The van der Waals surface area contributed by atoms with Gasteiger partial charge in [0.2, 0.25) is 0 Å². The Morgan fingerprint density at radius 2 is 1.81 bits per heavy atom. The van der Waals surface area contributed by atoms with Crippen molar-refractivity contribution in [2.75, 3.05) is 6.54 Å². The Morgan fingerprint density at radius 1 is 1.05 bits per heavy atom. The van der Waals surface area contributed by atoms with Crippen LogP contribution in [0.25, 0.3) is 0 Å². The Bertz CT molecular complexity index is 492. The maximum atomic E-state index is 3.79. The molecule has 0 bridgehead atoms. The zero-order chi connectivity index (χ0) is 15.1. The molecule has 0 spiro atoms. The van der Waals surface area contributed by atoms with Gasteiger partial charge in [0.1, 0.15) is 0 Å². The zero-order valence-electron chi connectivity index (χ0n) is 13.4. The van der Waals surface area contributed by atoms with Crippen LogP contribution >= 0.6 is 11.3 Å². The van der Waals surface area contributed by atoms with Gasteiger partial charge >= 0.3 is 0 Å². The highest BCUT2D eigenvalue weighted by atomic mass is 32.1. The molecule has 0 saturated carbocycles. The van der Waals surface area contributed by atoms with E-state index in [9.17, 15) is 0 Å². The molecule has 0 aliphatic rings. The van der Waals surface area contributed by atoms with Gasteiger partial charge in [0.25, 0.3) is 0 Å². The van der Waals surface area contributed by atoms with Crippen LogP contribution in [0.4, 0.5) is 0 Å². The molecular formula is C19H27NS. The van der Waals surface area contributed by atoms with Crippen LogP contribution in [0.15, 0.2) is 47.2 Å². The lowest BCUT2D eigenvalue weighted by Gasteiger charge is -2.32. The molecule has 1 aromatic heterocycles. The maximum absolute atomic E-state index is 3.79. The number of rotatable bonds is 8. The van der Waals surface area contributed by atoms with Gasteiger partial charge in [-0.15, -0.1) is 0 Å². The molecule has 21 heavy (non-hydrogen) atoms. The van der Waals surface area contributed by atoms with Crippen LogP contribution in [-0.2, 0) is 0 Å². The van der Waals surface area contributed by atoms with E-state index in [4.69, 9.17) is 0 Å². The second kappa shape index (κ2) is 8.35. The van der Waals surface area contributed by atoms with Gasteiger partial charge < -0.3 is 5.32 Å². The molecule has 0 aliphatic carbocycles. The predicted molar refractivity (Wildman–Crippen MR) is 94.0 cm³/mol. The first-order valence-corrected chi connectivity index (χ1v) is 9.02. The first-order valence-electron chi connectivity index (χ1n) is 8.08. The molecule has 0 amide bonds. The van der Waals surface area contributed by atoms with Crippen molar-refractivity contribution in [3.8, 4) is 0 Å². The quantitative estimate of drug-likeness (QED) is 0.667. The summed E-state index contributed by atoms with van der Waals surface area (Å²) in [6, 6.07) is 13.7. The highest BCUT2D eigenvalue weighted by Gasteiger charge is 2.28. The van der Waals surface area contributed by atoms with Crippen molar-refractivity contribution in [1.29, 1.82) is 0 Å². The Kier molecular flexibility index (Phi) is 6.47. The molecule has 3 atom stereocenters. The summed E-state index contributed by atoms with van der Waals surface area (Å²) in [7, 11) is 0. The number of thiophene rings is 1. The molecule has 0 radical (unpaired) electrons. The Balaban J connectivity index is 2.35. The Hall–Kier alpha value is -1.12. The van der Waals surface area contributed by atoms with Crippen molar-refractivity contribution in [1.82, 2.24) is 5.32 Å². The van der Waals surface area contributed by atoms with E-state index in [0.29, 0.717) is 17.9 Å². The minimum absolute atomic E-state index is 0.411. The van der Waals surface area contributed by atoms with Crippen molar-refractivity contribution >= 4 is 11.3 Å². The van der Waals surface area contributed by atoms with Gasteiger partial charge in [0.15, 0.2) is 0 Å². The van der Waals surface area contributed by atoms with E-state index in [1.54, 1.807) is 11.3 Å². The van der Waals surface area contributed by atoms with Crippen LogP contribution in [-0.4, -0.2) is 6.54 Å². The summed E-state index contributed by atoms with van der Waals surface area (Å²) in [4.78, 5) is 0. The molecule has 2 aromatic rings. The van der Waals surface area contributed by atoms with Crippen LogP contribution in [0.5, 0.6) is 0 Å². The third-order valence-electron chi connectivity index (χ3n) is 4.32. The smallest absolute Gasteiger partial charge is 0.0400 e. The number of hydrogen-bond donors (Lipinski definition) is 1. The number of nitrogens with one attached hydrogen (secondary N) is 1. The van der Waals surface area contributed by atoms with Crippen molar-refractivity contribution in [3.05, 3.63) is 58.3 Å². The van der Waals surface area contributed by atoms with Gasteiger partial charge in [-0.25, -0.2) is 0 Å². The average Bonchev–Trinajstić information content (AvgIpc) is 3.05. The van der Waals surface area contributed by atoms with Crippen LogP contribution in [0.3, 0.4) is 0 Å². The van der Waals surface area contributed by atoms with E-state index >= 15 is 0 Å². The van der Waals surface area contributed by atoms with E-state index in [-0.39, 0.29) is 0 Å². The van der Waals surface area contributed by atoms with Gasteiger partial charge in [0, 0.05) is 12.0 Å². The summed E-state index contributed by atoms with van der Waals surface area (Å²) in [6.07, 6.45) is 2.37. The van der Waals surface area contributed by atoms with Gasteiger partial charge in [-0.1, -0.05) is 57.5 Å². The Morgan fingerprint density at radius 3 is 2.38 bits per heavy atom. The average molecular weight is 301 g/mol. The summed E-state index contributed by atoms with van der Waals surface area (Å²) in [6.45, 7) is 7.98. The van der Waals surface area contributed by atoms with Crippen LogP contribution < -0.4 is 5.32 Å². The molecule has 3 unspecified atom stereocenters. The lowest BCUT2D eigenvalue weighted by Crippen LogP contribution is -2.30. The maximum Gasteiger partial charge on any atom is 0.0400 e. The number of benzene rings is 1. The van der Waals surface area contributed by atoms with Gasteiger partial charge in [-0.2, -0.15) is 11.3 Å². The summed E-state index contributed by atoms with van der Waals surface area (Å²) in [5.41, 5.74) is 2.88. The number of hydrogen-bond acceptors (Lipinski definition) is 2. The first kappa shape index (κ1) is 16.3. The van der Waals surface area contributed by atoms with Crippen molar-refractivity contribution in [3.63, 3.8) is 0 Å². The highest BCUT2D eigenvalue weighted by molar-refractivity contribution is 7.07. The molecule has 1 N–H and O–H groups in total. The molecule has 0 saturated heterocycles. The fraction of sp³-hybridized carbons (Fsp3) is 0.474. The Labute approximate surface area is 133 Å². The van der Waals surface area contributed by atoms with E-state index in [0.717, 1.165) is 6.54 Å². The summed E-state index contributed by atoms with van der Waals surface area (Å²) in [5.74, 6) is 1.18. The summed E-state index contributed by atoms with van der Waals surface area (Å²) in [5, 5.41) is 8.28. The van der Waals surface area contributed by atoms with E-state index in [2.05, 4.69) is 73.2 Å². The van der Waals surface area contributed by atoms with Crippen molar-refractivity contribution < 1.29 is 0 Å². The fourth-order valence-electron chi connectivity index (χ4n) is 2.98. The molecule has 1 heterocycles. The van der Waals surface area contributed by atoms with Crippen LogP contribution in [0.1, 0.15) is 56.7 Å². The first-order chi connectivity index (χ1) is 10.3. The van der Waals surface area contributed by atoms with Crippen molar-refractivity contribution in [2.45, 2.75) is 45.6 Å². The summed E-state index contributed by atoms with van der Waals surface area (Å²) < 4.78 is 0. The normalized spacial score (nSPS) is 15.6. The molecular weight excluding hydrogens is 274 g/mol. The minimum Gasteiger partial charge on any atom is -0.309 e.